The van der Waals surface area contributed by atoms with Gasteiger partial charge in [0.2, 0.25) is 10.0 Å². The molecule has 9 heteroatoms. The molecule has 1 aliphatic rings. The second kappa shape index (κ2) is 9.55. The number of hydrogen-bond donors (Lipinski definition) is 1. The van der Waals surface area contributed by atoms with E-state index in [1.54, 1.807) is 38.1 Å². The lowest BCUT2D eigenvalue weighted by atomic mass is 10.1. The quantitative estimate of drug-likeness (QED) is 0.721. The van der Waals surface area contributed by atoms with Crippen molar-refractivity contribution in [3.63, 3.8) is 0 Å². The molecule has 1 amide bonds. The zero-order valence-corrected chi connectivity index (χ0v) is 17.7. The van der Waals surface area contributed by atoms with E-state index in [1.165, 1.54) is 22.5 Å². The van der Waals surface area contributed by atoms with Crippen molar-refractivity contribution in [1.82, 2.24) is 9.62 Å². The number of carbonyl (C=O) groups excluding carboxylic acids is 1. The Bertz CT molecular complexity index is 989. The lowest BCUT2D eigenvalue weighted by molar-refractivity contribution is -0.123. The number of morpholine rings is 1. The predicted octanol–water partition coefficient (Wildman–Crippen LogP) is 2.41. The highest BCUT2D eigenvalue weighted by Crippen LogP contribution is 2.24. The molecular formula is C21H25FN2O5S. The third-order valence-corrected chi connectivity index (χ3v) is 6.76. The average molecular weight is 437 g/mol. The summed E-state index contributed by atoms with van der Waals surface area (Å²) >= 11 is 0. The summed E-state index contributed by atoms with van der Waals surface area (Å²) in [5, 5.41) is 2.78. The molecule has 1 atom stereocenters. The number of rotatable bonds is 7. The van der Waals surface area contributed by atoms with Crippen LogP contribution in [-0.2, 0) is 19.6 Å². The largest absolute Gasteiger partial charge is 0.484 e. The highest BCUT2D eigenvalue weighted by molar-refractivity contribution is 7.89. The van der Waals surface area contributed by atoms with Crippen molar-refractivity contribution in [3.8, 4) is 5.75 Å². The Labute approximate surface area is 175 Å². The maximum absolute atomic E-state index is 13.0. The number of carbonyl (C=O) groups is 1. The van der Waals surface area contributed by atoms with E-state index < -0.39 is 10.0 Å². The minimum atomic E-state index is -3.59. The molecule has 3 rings (SSSR count). The maximum atomic E-state index is 13.0. The van der Waals surface area contributed by atoms with Crippen LogP contribution in [0.15, 0.2) is 47.4 Å². The minimum Gasteiger partial charge on any atom is -0.484 e. The van der Waals surface area contributed by atoms with Crippen molar-refractivity contribution in [2.24, 2.45) is 0 Å². The van der Waals surface area contributed by atoms with E-state index in [9.17, 15) is 17.6 Å². The summed E-state index contributed by atoms with van der Waals surface area (Å²) < 4.78 is 50.7. The molecule has 0 unspecified atom stereocenters. The van der Waals surface area contributed by atoms with Crippen molar-refractivity contribution >= 4 is 15.9 Å². The fourth-order valence-corrected chi connectivity index (χ4v) is 4.64. The topological polar surface area (TPSA) is 84.9 Å². The van der Waals surface area contributed by atoms with Crippen molar-refractivity contribution in [2.75, 3.05) is 32.9 Å². The normalized spacial score (nSPS) is 16.1. The van der Waals surface area contributed by atoms with Crippen LogP contribution in [0.3, 0.4) is 0 Å². The van der Waals surface area contributed by atoms with Gasteiger partial charge in [-0.05, 0) is 55.3 Å². The first kappa shape index (κ1) is 22.2. The number of amides is 1. The number of hydrogen-bond acceptors (Lipinski definition) is 5. The minimum absolute atomic E-state index is 0.184. The van der Waals surface area contributed by atoms with Crippen LogP contribution in [0.4, 0.5) is 4.39 Å². The van der Waals surface area contributed by atoms with Crippen molar-refractivity contribution in [1.29, 1.82) is 0 Å². The first-order chi connectivity index (χ1) is 14.3. The predicted molar refractivity (Wildman–Crippen MR) is 109 cm³/mol. The lowest BCUT2D eigenvalue weighted by Crippen LogP contribution is -2.40. The van der Waals surface area contributed by atoms with E-state index in [4.69, 9.17) is 9.47 Å². The van der Waals surface area contributed by atoms with Gasteiger partial charge in [0.15, 0.2) is 6.61 Å². The van der Waals surface area contributed by atoms with Gasteiger partial charge in [0.25, 0.3) is 5.91 Å². The number of nitrogens with one attached hydrogen (secondary N) is 1. The fourth-order valence-electron chi connectivity index (χ4n) is 3.14. The van der Waals surface area contributed by atoms with Gasteiger partial charge in [-0.15, -0.1) is 0 Å². The molecule has 7 nitrogen and oxygen atoms in total. The monoisotopic (exact) mass is 436 g/mol. The summed E-state index contributed by atoms with van der Waals surface area (Å²) in [6.07, 6.45) is 0. The highest BCUT2D eigenvalue weighted by atomic mass is 32.2. The van der Waals surface area contributed by atoms with Gasteiger partial charge in [-0.1, -0.05) is 12.1 Å². The summed E-state index contributed by atoms with van der Waals surface area (Å²) in [4.78, 5) is 12.4. The van der Waals surface area contributed by atoms with Crippen LogP contribution < -0.4 is 10.1 Å². The van der Waals surface area contributed by atoms with Gasteiger partial charge in [-0.25, -0.2) is 12.8 Å². The lowest BCUT2D eigenvalue weighted by Gasteiger charge is -2.26. The van der Waals surface area contributed by atoms with Crippen LogP contribution in [-0.4, -0.2) is 51.5 Å². The van der Waals surface area contributed by atoms with E-state index in [0.717, 1.165) is 5.56 Å². The smallest absolute Gasteiger partial charge is 0.258 e. The SMILES string of the molecule is Cc1cc(S(=O)(=O)N2CCOCC2)ccc1OCC(=O)N[C@H](C)c1ccc(F)cc1. The Morgan fingerprint density at radius 3 is 2.50 bits per heavy atom. The van der Waals surface area contributed by atoms with Crippen LogP contribution in [0.2, 0.25) is 0 Å². The molecule has 0 aliphatic carbocycles. The molecule has 1 aliphatic heterocycles. The Morgan fingerprint density at radius 2 is 1.87 bits per heavy atom. The Kier molecular flexibility index (Phi) is 7.06. The number of halogens is 1. The summed E-state index contributed by atoms with van der Waals surface area (Å²) in [6, 6.07) is 10.2. The summed E-state index contributed by atoms with van der Waals surface area (Å²) in [5.41, 5.74) is 1.39. The number of benzene rings is 2. The number of ether oxygens (including phenoxy) is 2. The summed E-state index contributed by atoms with van der Waals surface area (Å²) in [6.45, 7) is 4.71. The number of nitrogens with zero attached hydrogens (tertiary/aromatic N) is 1. The zero-order valence-electron chi connectivity index (χ0n) is 16.9. The van der Waals surface area contributed by atoms with Gasteiger partial charge in [0, 0.05) is 13.1 Å². The molecule has 2 aromatic rings. The third-order valence-electron chi connectivity index (χ3n) is 4.86. The second-order valence-electron chi connectivity index (χ2n) is 7.07. The highest BCUT2D eigenvalue weighted by Gasteiger charge is 2.26. The fraction of sp³-hybridized carbons (Fsp3) is 0.381. The molecule has 1 heterocycles. The van der Waals surface area contributed by atoms with E-state index in [2.05, 4.69) is 5.32 Å². The molecule has 0 saturated carbocycles. The van der Waals surface area contributed by atoms with E-state index >= 15 is 0 Å². The average Bonchev–Trinajstić information content (AvgIpc) is 2.73. The second-order valence-corrected chi connectivity index (χ2v) is 9.01. The molecule has 2 aromatic carbocycles. The molecule has 1 fully saturated rings. The number of aryl methyl sites for hydroxylation is 1. The van der Waals surface area contributed by atoms with Crippen LogP contribution in [0, 0.1) is 12.7 Å². The van der Waals surface area contributed by atoms with Crippen molar-refractivity contribution in [2.45, 2.75) is 24.8 Å². The summed E-state index contributed by atoms with van der Waals surface area (Å²) in [7, 11) is -3.59. The van der Waals surface area contributed by atoms with Crippen LogP contribution >= 0.6 is 0 Å². The van der Waals surface area contributed by atoms with Gasteiger partial charge >= 0.3 is 0 Å². The van der Waals surface area contributed by atoms with E-state index in [1.807, 2.05) is 0 Å². The number of sulfonamides is 1. The molecular weight excluding hydrogens is 411 g/mol. The molecule has 1 N–H and O–H groups in total. The Morgan fingerprint density at radius 1 is 1.20 bits per heavy atom. The van der Waals surface area contributed by atoms with Gasteiger partial charge in [0.05, 0.1) is 24.2 Å². The van der Waals surface area contributed by atoms with Crippen LogP contribution in [0.25, 0.3) is 0 Å². The first-order valence-electron chi connectivity index (χ1n) is 9.63. The maximum Gasteiger partial charge on any atom is 0.258 e. The first-order valence-corrected chi connectivity index (χ1v) is 11.1. The van der Waals surface area contributed by atoms with Gasteiger partial charge < -0.3 is 14.8 Å². The molecule has 30 heavy (non-hydrogen) atoms. The standard InChI is InChI=1S/C21H25FN2O5S/c1-15-13-19(30(26,27)24-9-11-28-12-10-24)7-8-20(15)29-14-21(25)23-16(2)17-3-5-18(22)6-4-17/h3-8,13,16H,9-12,14H2,1-2H3,(H,23,25)/t16-/m1/s1. The zero-order chi connectivity index (χ0) is 21.7. The Hall–Kier alpha value is -2.49. The molecule has 1 saturated heterocycles. The van der Waals surface area contributed by atoms with Gasteiger partial charge in [-0.3, -0.25) is 4.79 Å². The Balaban J connectivity index is 1.59. The molecule has 0 bridgehead atoms. The molecule has 162 valence electrons. The van der Waals surface area contributed by atoms with Crippen molar-refractivity contribution < 1.29 is 27.1 Å². The summed E-state index contributed by atoms with van der Waals surface area (Å²) in [5.74, 6) is -0.244. The van der Waals surface area contributed by atoms with Crippen LogP contribution in [0.5, 0.6) is 5.75 Å². The van der Waals surface area contributed by atoms with Gasteiger partial charge in [-0.2, -0.15) is 4.31 Å². The van der Waals surface area contributed by atoms with E-state index in [0.29, 0.717) is 37.6 Å². The van der Waals surface area contributed by atoms with Gasteiger partial charge in [0.1, 0.15) is 11.6 Å². The third kappa shape index (κ3) is 5.35. The van der Waals surface area contributed by atoms with E-state index in [-0.39, 0.29) is 29.3 Å². The molecule has 0 spiro atoms. The van der Waals surface area contributed by atoms with Crippen molar-refractivity contribution in [3.05, 3.63) is 59.4 Å². The molecule has 0 aromatic heterocycles. The molecule has 0 radical (unpaired) electrons. The van der Waals surface area contributed by atoms with Crippen LogP contribution in [0.1, 0.15) is 24.1 Å².